The number of hydrogen-bond acceptors (Lipinski definition) is 4. The number of rotatable bonds is 4. The molecular formula is C15H26N2O3S. The van der Waals surface area contributed by atoms with E-state index in [0.29, 0.717) is 28.9 Å². The summed E-state index contributed by atoms with van der Waals surface area (Å²) in [5.74, 6) is 2.09. The summed E-state index contributed by atoms with van der Waals surface area (Å²) in [7, 11) is -3.58. The van der Waals surface area contributed by atoms with Crippen LogP contribution in [0.15, 0.2) is 9.31 Å². The van der Waals surface area contributed by atoms with Crippen molar-refractivity contribution in [3.63, 3.8) is 0 Å². The van der Waals surface area contributed by atoms with Gasteiger partial charge < -0.3 is 10.2 Å². The van der Waals surface area contributed by atoms with Crippen LogP contribution >= 0.6 is 0 Å². The molecule has 1 aromatic rings. The van der Waals surface area contributed by atoms with Gasteiger partial charge in [0, 0.05) is 18.2 Å². The van der Waals surface area contributed by atoms with Gasteiger partial charge >= 0.3 is 0 Å². The van der Waals surface area contributed by atoms with Crippen LogP contribution in [0.5, 0.6) is 0 Å². The molecule has 2 atom stereocenters. The minimum Gasteiger partial charge on any atom is -0.465 e. The molecule has 0 bridgehead atoms. The lowest BCUT2D eigenvalue weighted by atomic mass is 9.81. The van der Waals surface area contributed by atoms with Crippen LogP contribution in [0.2, 0.25) is 0 Å². The summed E-state index contributed by atoms with van der Waals surface area (Å²) < 4.78 is 33.7. The van der Waals surface area contributed by atoms with E-state index in [1.54, 1.807) is 13.8 Å². The Kier molecular flexibility index (Phi) is 4.80. The van der Waals surface area contributed by atoms with Crippen LogP contribution in [0.3, 0.4) is 0 Å². The molecule has 1 aliphatic carbocycles. The molecule has 0 spiro atoms. The lowest BCUT2D eigenvalue weighted by Gasteiger charge is -2.31. The van der Waals surface area contributed by atoms with Gasteiger partial charge in [0.05, 0.1) is 0 Å². The maximum Gasteiger partial charge on any atom is 0.244 e. The first kappa shape index (κ1) is 16.5. The van der Waals surface area contributed by atoms with Gasteiger partial charge in [0.15, 0.2) is 0 Å². The quantitative estimate of drug-likeness (QED) is 0.894. The first-order valence-electron chi connectivity index (χ1n) is 7.55. The van der Waals surface area contributed by atoms with Crippen LogP contribution in [0, 0.1) is 25.7 Å². The molecule has 1 heterocycles. The fourth-order valence-corrected chi connectivity index (χ4v) is 5.34. The summed E-state index contributed by atoms with van der Waals surface area (Å²) in [5, 5.41) is 0. The zero-order valence-electron chi connectivity index (χ0n) is 13.3. The van der Waals surface area contributed by atoms with Gasteiger partial charge in [0.1, 0.15) is 16.4 Å². The predicted molar refractivity (Wildman–Crippen MR) is 82.4 cm³/mol. The highest BCUT2D eigenvalue weighted by Crippen LogP contribution is 2.31. The maximum absolute atomic E-state index is 12.7. The molecule has 6 heteroatoms. The van der Waals surface area contributed by atoms with Gasteiger partial charge in [-0.15, -0.1) is 0 Å². The zero-order chi connectivity index (χ0) is 15.8. The molecule has 0 aromatic carbocycles. The zero-order valence-corrected chi connectivity index (χ0v) is 14.1. The van der Waals surface area contributed by atoms with E-state index >= 15 is 0 Å². The van der Waals surface area contributed by atoms with Crippen LogP contribution in [0.4, 0.5) is 0 Å². The Balaban J connectivity index is 2.27. The van der Waals surface area contributed by atoms with E-state index in [1.807, 2.05) is 0 Å². The second-order valence-corrected chi connectivity index (χ2v) is 8.11. The summed E-state index contributed by atoms with van der Waals surface area (Å²) in [6, 6.07) is -0.00557. The normalized spacial score (nSPS) is 27.0. The molecule has 1 fully saturated rings. The van der Waals surface area contributed by atoms with Gasteiger partial charge in [-0.1, -0.05) is 13.8 Å². The molecule has 1 saturated carbocycles. The Bertz CT molecular complexity index is 597. The minimum atomic E-state index is -3.58. The molecule has 0 radical (unpaired) electrons. The van der Waals surface area contributed by atoms with E-state index in [4.69, 9.17) is 10.2 Å². The molecule has 1 aliphatic rings. The van der Waals surface area contributed by atoms with Gasteiger partial charge in [0.25, 0.3) is 0 Å². The summed E-state index contributed by atoms with van der Waals surface area (Å²) in [4.78, 5) is 0.230. The highest BCUT2D eigenvalue weighted by molar-refractivity contribution is 7.89. The third-order valence-corrected chi connectivity index (χ3v) is 6.01. The predicted octanol–water partition coefficient (Wildman–Crippen LogP) is 2.46. The molecule has 0 amide bonds. The topological polar surface area (TPSA) is 85.3 Å². The van der Waals surface area contributed by atoms with Gasteiger partial charge in [-0.25, -0.2) is 13.1 Å². The lowest BCUT2D eigenvalue weighted by Crippen LogP contribution is -2.40. The fourth-order valence-electron chi connectivity index (χ4n) is 3.62. The molecule has 5 nitrogen and oxygen atoms in total. The first-order valence-corrected chi connectivity index (χ1v) is 9.04. The van der Waals surface area contributed by atoms with Crippen molar-refractivity contribution < 1.29 is 12.8 Å². The van der Waals surface area contributed by atoms with Gasteiger partial charge in [-0.2, -0.15) is 0 Å². The summed E-state index contributed by atoms with van der Waals surface area (Å²) in [5.41, 5.74) is 6.27. The van der Waals surface area contributed by atoms with E-state index in [2.05, 4.69) is 18.6 Å². The van der Waals surface area contributed by atoms with E-state index in [1.165, 1.54) is 0 Å². The third-order valence-electron chi connectivity index (χ3n) is 4.30. The monoisotopic (exact) mass is 314 g/mol. The SMILES string of the molecule is Cc1oc(C)c(S(=O)(=O)NC2CC(C)CC(C)C2)c1CN. The van der Waals surface area contributed by atoms with Crippen molar-refractivity contribution in [3.8, 4) is 0 Å². The Morgan fingerprint density at radius 1 is 1.14 bits per heavy atom. The number of aryl methyl sites for hydroxylation is 2. The Labute approximate surface area is 127 Å². The van der Waals surface area contributed by atoms with Crippen molar-refractivity contribution in [3.05, 3.63) is 17.1 Å². The Hall–Kier alpha value is -0.850. The molecule has 0 aliphatic heterocycles. The van der Waals surface area contributed by atoms with E-state index < -0.39 is 10.0 Å². The highest BCUT2D eigenvalue weighted by Gasteiger charge is 2.31. The van der Waals surface area contributed by atoms with Crippen LogP contribution in [-0.4, -0.2) is 14.5 Å². The Morgan fingerprint density at radius 3 is 2.24 bits per heavy atom. The van der Waals surface area contributed by atoms with Crippen LogP contribution in [-0.2, 0) is 16.6 Å². The number of hydrogen-bond donors (Lipinski definition) is 2. The van der Waals surface area contributed by atoms with Crippen molar-refractivity contribution in [2.75, 3.05) is 0 Å². The number of sulfonamides is 1. The summed E-state index contributed by atoms with van der Waals surface area (Å²) in [6.45, 7) is 7.94. The Morgan fingerprint density at radius 2 is 1.71 bits per heavy atom. The van der Waals surface area contributed by atoms with E-state index in [-0.39, 0.29) is 17.5 Å². The van der Waals surface area contributed by atoms with Crippen molar-refractivity contribution in [2.45, 2.75) is 64.4 Å². The van der Waals surface area contributed by atoms with Gasteiger partial charge in [-0.3, -0.25) is 0 Å². The largest absolute Gasteiger partial charge is 0.465 e. The average Bonchev–Trinajstić information content (AvgIpc) is 2.61. The van der Waals surface area contributed by atoms with Gasteiger partial charge in [-0.05, 0) is 44.9 Å². The molecule has 3 N–H and O–H groups in total. The molecule has 2 rings (SSSR count). The molecule has 2 unspecified atom stereocenters. The molecule has 21 heavy (non-hydrogen) atoms. The molecular weight excluding hydrogens is 288 g/mol. The highest BCUT2D eigenvalue weighted by atomic mass is 32.2. The average molecular weight is 314 g/mol. The van der Waals surface area contributed by atoms with Crippen LogP contribution < -0.4 is 10.5 Å². The third kappa shape index (κ3) is 3.49. The van der Waals surface area contributed by atoms with E-state index in [0.717, 1.165) is 19.3 Å². The second-order valence-electron chi connectivity index (χ2n) is 6.46. The molecule has 0 saturated heterocycles. The summed E-state index contributed by atoms with van der Waals surface area (Å²) in [6.07, 6.45) is 2.94. The van der Waals surface area contributed by atoms with Crippen molar-refractivity contribution in [1.29, 1.82) is 0 Å². The van der Waals surface area contributed by atoms with E-state index in [9.17, 15) is 8.42 Å². The van der Waals surface area contributed by atoms with Crippen LogP contribution in [0.25, 0.3) is 0 Å². The van der Waals surface area contributed by atoms with Crippen molar-refractivity contribution >= 4 is 10.0 Å². The number of furan rings is 1. The second kappa shape index (κ2) is 6.10. The lowest BCUT2D eigenvalue weighted by molar-refractivity contribution is 0.257. The first-order chi connectivity index (χ1) is 9.74. The van der Waals surface area contributed by atoms with Gasteiger partial charge in [0.2, 0.25) is 10.0 Å². The number of nitrogens with one attached hydrogen (secondary N) is 1. The fraction of sp³-hybridized carbons (Fsp3) is 0.733. The minimum absolute atomic E-state index is 0.00557. The number of nitrogens with two attached hydrogens (primary N) is 1. The summed E-state index contributed by atoms with van der Waals surface area (Å²) >= 11 is 0. The van der Waals surface area contributed by atoms with Crippen molar-refractivity contribution in [1.82, 2.24) is 4.72 Å². The van der Waals surface area contributed by atoms with Crippen molar-refractivity contribution in [2.24, 2.45) is 17.6 Å². The van der Waals surface area contributed by atoms with Crippen LogP contribution in [0.1, 0.15) is 50.2 Å². The molecule has 1 aromatic heterocycles. The molecule has 120 valence electrons. The maximum atomic E-state index is 12.7. The standard InChI is InChI=1S/C15H26N2O3S/c1-9-5-10(2)7-13(6-9)17-21(18,19)15-12(4)20-11(3)14(15)8-16/h9-10,13,17H,5-8,16H2,1-4H3. The smallest absolute Gasteiger partial charge is 0.244 e.